The average Bonchev–Trinajstić information content (AvgIpc) is 2.70. The molecule has 2 heterocycles. The van der Waals surface area contributed by atoms with Crippen molar-refractivity contribution in [2.75, 3.05) is 5.73 Å². The van der Waals surface area contributed by atoms with Crippen LogP contribution in [0.2, 0.25) is 0 Å². The highest BCUT2D eigenvalue weighted by Crippen LogP contribution is 2.25. The van der Waals surface area contributed by atoms with Crippen molar-refractivity contribution in [3.05, 3.63) is 83.2 Å². The van der Waals surface area contributed by atoms with Gasteiger partial charge in [0, 0.05) is 29.7 Å². The SMILES string of the molecule is C=C/C=C(\O)c1nc(N)ncc1-c1ccn(CC(=O)NC2=CCCC=C2)c(=O)c1. The molecule has 0 bridgehead atoms. The molecule has 0 aliphatic heterocycles. The number of nitrogens with two attached hydrogens (primary N) is 1. The number of rotatable bonds is 6. The molecular formula is C21H21N5O3. The Morgan fingerprint density at radius 2 is 2.24 bits per heavy atom. The zero-order chi connectivity index (χ0) is 20.8. The molecule has 0 aromatic carbocycles. The molecule has 0 saturated heterocycles. The van der Waals surface area contributed by atoms with Crippen LogP contribution in [0.15, 0.2) is 72.0 Å². The van der Waals surface area contributed by atoms with Crippen molar-refractivity contribution in [3.8, 4) is 11.1 Å². The molecule has 0 spiro atoms. The summed E-state index contributed by atoms with van der Waals surface area (Å²) < 4.78 is 1.29. The van der Waals surface area contributed by atoms with E-state index in [2.05, 4.69) is 21.9 Å². The molecule has 0 fully saturated rings. The normalized spacial score (nSPS) is 13.7. The lowest BCUT2D eigenvalue weighted by molar-refractivity contribution is -0.120. The number of aromatic nitrogens is 3. The minimum Gasteiger partial charge on any atom is -0.506 e. The van der Waals surface area contributed by atoms with E-state index >= 15 is 0 Å². The second-order valence-electron chi connectivity index (χ2n) is 6.35. The summed E-state index contributed by atoms with van der Waals surface area (Å²) in [7, 11) is 0. The van der Waals surface area contributed by atoms with Crippen molar-refractivity contribution in [2.24, 2.45) is 0 Å². The monoisotopic (exact) mass is 391 g/mol. The van der Waals surface area contributed by atoms with Crippen LogP contribution in [0.1, 0.15) is 18.5 Å². The maximum absolute atomic E-state index is 12.5. The molecule has 3 rings (SSSR count). The van der Waals surface area contributed by atoms with Crippen molar-refractivity contribution in [1.82, 2.24) is 19.9 Å². The van der Waals surface area contributed by atoms with Crippen LogP contribution in [0.25, 0.3) is 16.9 Å². The van der Waals surface area contributed by atoms with Crippen LogP contribution in [0.4, 0.5) is 5.95 Å². The average molecular weight is 391 g/mol. The first-order valence-corrected chi connectivity index (χ1v) is 9.00. The van der Waals surface area contributed by atoms with Crippen LogP contribution >= 0.6 is 0 Å². The van der Waals surface area contributed by atoms with E-state index in [1.54, 1.807) is 6.07 Å². The van der Waals surface area contributed by atoms with Gasteiger partial charge in [-0.15, -0.1) is 0 Å². The molecule has 1 aliphatic carbocycles. The van der Waals surface area contributed by atoms with E-state index in [4.69, 9.17) is 5.73 Å². The van der Waals surface area contributed by atoms with Gasteiger partial charge in [-0.2, -0.15) is 0 Å². The fraction of sp³-hybridized carbons (Fsp3) is 0.143. The smallest absolute Gasteiger partial charge is 0.251 e. The lowest BCUT2D eigenvalue weighted by Gasteiger charge is -2.12. The molecule has 0 radical (unpaired) electrons. The van der Waals surface area contributed by atoms with Gasteiger partial charge in [0.1, 0.15) is 18.0 Å². The Labute approximate surface area is 167 Å². The van der Waals surface area contributed by atoms with Gasteiger partial charge >= 0.3 is 0 Å². The Morgan fingerprint density at radius 3 is 2.93 bits per heavy atom. The van der Waals surface area contributed by atoms with Crippen molar-refractivity contribution in [3.63, 3.8) is 0 Å². The molecule has 0 saturated carbocycles. The number of nitrogens with zero attached hydrogens (tertiary/aromatic N) is 3. The lowest BCUT2D eigenvalue weighted by atomic mass is 10.1. The maximum Gasteiger partial charge on any atom is 0.251 e. The summed E-state index contributed by atoms with van der Waals surface area (Å²) in [5, 5.41) is 13.0. The summed E-state index contributed by atoms with van der Waals surface area (Å²) in [6.07, 6.45) is 13.3. The number of nitrogen functional groups attached to an aromatic ring is 1. The first kappa shape index (κ1) is 19.8. The molecule has 29 heavy (non-hydrogen) atoms. The number of hydrogen-bond acceptors (Lipinski definition) is 6. The minimum atomic E-state index is -0.374. The summed E-state index contributed by atoms with van der Waals surface area (Å²) in [4.78, 5) is 32.7. The van der Waals surface area contributed by atoms with E-state index in [9.17, 15) is 14.7 Å². The number of hydrogen-bond donors (Lipinski definition) is 3. The fourth-order valence-corrected chi connectivity index (χ4v) is 2.86. The zero-order valence-corrected chi connectivity index (χ0v) is 15.7. The molecule has 148 valence electrons. The molecule has 8 nitrogen and oxygen atoms in total. The van der Waals surface area contributed by atoms with Crippen LogP contribution in [-0.2, 0) is 11.3 Å². The largest absolute Gasteiger partial charge is 0.506 e. The van der Waals surface area contributed by atoms with Gasteiger partial charge in [-0.3, -0.25) is 9.59 Å². The molecule has 0 unspecified atom stereocenters. The molecule has 4 N–H and O–H groups in total. The lowest BCUT2D eigenvalue weighted by Crippen LogP contribution is -2.31. The number of carbonyl (C=O) groups is 1. The second-order valence-corrected chi connectivity index (χ2v) is 6.35. The highest BCUT2D eigenvalue weighted by molar-refractivity contribution is 5.79. The van der Waals surface area contributed by atoms with Gasteiger partial charge in [0.05, 0.1) is 0 Å². The zero-order valence-electron chi connectivity index (χ0n) is 15.7. The summed E-state index contributed by atoms with van der Waals surface area (Å²) in [5.74, 6) is -0.453. The molecule has 2 aromatic heterocycles. The van der Waals surface area contributed by atoms with E-state index in [0.717, 1.165) is 18.5 Å². The van der Waals surface area contributed by atoms with E-state index < -0.39 is 0 Å². The van der Waals surface area contributed by atoms with Gasteiger partial charge in [0.25, 0.3) is 5.56 Å². The Bertz CT molecular complexity index is 1100. The van der Waals surface area contributed by atoms with Crippen molar-refractivity contribution in [2.45, 2.75) is 19.4 Å². The summed E-state index contributed by atoms with van der Waals surface area (Å²) in [5.41, 5.74) is 7.08. The van der Waals surface area contributed by atoms with Gasteiger partial charge < -0.3 is 20.7 Å². The summed E-state index contributed by atoms with van der Waals surface area (Å²) in [6, 6.07) is 3.00. The number of aliphatic hydroxyl groups is 1. The number of anilines is 1. The quantitative estimate of drug-likeness (QED) is 0.513. The van der Waals surface area contributed by atoms with Gasteiger partial charge in [0.15, 0.2) is 0 Å². The predicted molar refractivity (Wildman–Crippen MR) is 112 cm³/mol. The summed E-state index contributed by atoms with van der Waals surface area (Å²) >= 11 is 0. The molecule has 2 aromatic rings. The summed E-state index contributed by atoms with van der Waals surface area (Å²) in [6.45, 7) is 3.42. The third kappa shape index (κ3) is 4.86. The van der Waals surface area contributed by atoms with E-state index in [0.29, 0.717) is 11.1 Å². The number of nitrogens with one attached hydrogen (secondary N) is 1. The number of carbonyl (C=O) groups excluding carboxylic acids is 1. The van der Waals surface area contributed by atoms with Gasteiger partial charge in [-0.25, -0.2) is 9.97 Å². The topological polar surface area (TPSA) is 123 Å². The predicted octanol–water partition coefficient (Wildman–Crippen LogP) is 2.32. The van der Waals surface area contributed by atoms with Crippen LogP contribution in [0, 0.1) is 0 Å². The van der Waals surface area contributed by atoms with Crippen molar-refractivity contribution in [1.29, 1.82) is 0 Å². The number of amides is 1. The maximum atomic E-state index is 12.5. The van der Waals surface area contributed by atoms with E-state index in [1.807, 2.05) is 18.2 Å². The number of pyridine rings is 1. The number of aliphatic hydroxyl groups excluding tert-OH is 1. The standard InChI is InChI=1S/C21H21N5O3/c1-2-6-17(27)20-16(12-23-21(22)25-20)14-9-10-26(19(29)11-14)13-18(28)24-15-7-4-3-5-8-15/h2,4,6-12,27H,1,3,5,13H2,(H,24,28)(H2,22,23,25)/b17-6-. The Kier molecular flexibility index (Phi) is 6.03. The Balaban J connectivity index is 1.85. The molecular weight excluding hydrogens is 370 g/mol. The Hall–Kier alpha value is -3.94. The first-order valence-electron chi connectivity index (χ1n) is 9.00. The molecule has 8 heteroatoms. The van der Waals surface area contributed by atoms with E-state index in [1.165, 1.54) is 35.2 Å². The Morgan fingerprint density at radius 1 is 1.41 bits per heavy atom. The molecule has 1 aliphatic rings. The van der Waals surface area contributed by atoms with Gasteiger partial charge in [-0.05, 0) is 36.6 Å². The van der Waals surface area contributed by atoms with Crippen molar-refractivity contribution >= 4 is 17.6 Å². The van der Waals surface area contributed by atoms with Gasteiger partial charge in [-0.1, -0.05) is 24.8 Å². The number of allylic oxidation sites excluding steroid dienone is 5. The molecule has 1 amide bonds. The minimum absolute atomic E-state index is 0.0103. The van der Waals surface area contributed by atoms with Crippen LogP contribution in [0.3, 0.4) is 0 Å². The highest BCUT2D eigenvalue weighted by Gasteiger charge is 2.14. The van der Waals surface area contributed by atoms with Gasteiger partial charge in [0.2, 0.25) is 11.9 Å². The molecule has 0 atom stereocenters. The van der Waals surface area contributed by atoms with E-state index in [-0.39, 0.29) is 35.4 Å². The fourth-order valence-electron chi connectivity index (χ4n) is 2.86. The van der Waals surface area contributed by atoms with Crippen LogP contribution < -0.4 is 16.6 Å². The van der Waals surface area contributed by atoms with Crippen LogP contribution in [-0.4, -0.2) is 25.5 Å². The third-order valence-electron chi connectivity index (χ3n) is 4.23. The first-order chi connectivity index (χ1) is 14.0. The third-order valence-corrected chi connectivity index (χ3v) is 4.23. The highest BCUT2D eigenvalue weighted by atomic mass is 16.3. The van der Waals surface area contributed by atoms with Crippen LogP contribution in [0.5, 0.6) is 0 Å². The second kappa shape index (κ2) is 8.83. The van der Waals surface area contributed by atoms with Crippen molar-refractivity contribution < 1.29 is 9.90 Å².